The van der Waals surface area contributed by atoms with Crippen LogP contribution >= 0.6 is 0 Å². The third kappa shape index (κ3) is 4.57. The fourth-order valence-electron chi connectivity index (χ4n) is 2.87. The molecule has 0 unspecified atom stereocenters. The number of nitrogens with zero attached hydrogens (tertiary/aromatic N) is 2. The second-order valence-electron chi connectivity index (χ2n) is 7.31. The molecule has 0 aliphatic carbocycles. The van der Waals surface area contributed by atoms with Gasteiger partial charge in [-0.15, -0.1) is 0 Å². The van der Waals surface area contributed by atoms with Crippen LogP contribution in [0.2, 0.25) is 0 Å². The minimum atomic E-state index is -1.06. The van der Waals surface area contributed by atoms with Crippen molar-refractivity contribution in [1.82, 2.24) is 4.90 Å². The molecule has 0 atom stereocenters. The minimum absolute atomic E-state index is 0.104. The lowest BCUT2D eigenvalue weighted by atomic mass is 9.96. The molecule has 0 saturated heterocycles. The van der Waals surface area contributed by atoms with Crippen LogP contribution in [-0.2, 0) is 20.8 Å². The van der Waals surface area contributed by atoms with Crippen molar-refractivity contribution in [3.63, 3.8) is 0 Å². The second kappa shape index (κ2) is 7.03. The number of rotatable bonds is 5. The van der Waals surface area contributed by atoms with Crippen LogP contribution < -0.4 is 4.90 Å². The van der Waals surface area contributed by atoms with E-state index >= 15 is 0 Å². The number of carbonyl (C=O) groups excluding carboxylic acids is 2. The summed E-state index contributed by atoms with van der Waals surface area (Å²) in [5.74, 6) is -1.51. The number of fused-ring (bicyclic) bond motifs is 1. The first-order valence-electron chi connectivity index (χ1n) is 8.05. The first kappa shape index (κ1) is 18.0. The monoisotopic (exact) mass is 332 g/mol. The van der Waals surface area contributed by atoms with Crippen LogP contribution in [0.3, 0.4) is 0 Å². The van der Waals surface area contributed by atoms with E-state index in [1.165, 1.54) is 9.80 Å². The quantitative estimate of drug-likeness (QED) is 0.893. The molecule has 0 fully saturated rings. The zero-order valence-electron chi connectivity index (χ0n) is 14.4. The van der Waals surface area contributed by atoms with Crippen molar-refractivity contribution >= 4 is 23.5 Å². The topological polar surface area (TPSA) is 77.9 Å². The molecule has 0 bridgehead atoms. The number of hydrogen-bond donors (Lipinski definition) is 1. The molecule has 24 heavy (non-hydrogen) atoms. The van der Waals surface area contributed by atoms with Crippen molar-refractivity contribution in [3.05, 3.63) is 29.8 Å². The van der Waals surface area contributed by atoms with Crippen molar-refractivity contribution in [2.24, 2.45) is 5.41 Å². The Balaban J connectivity index is 2.19. The Bertz CT molecular complexity index is 649. The smallest absolute Gasteiger partial charge is 0.323 e. The maximum absolute atomic E-state index is 12.6. The van der Waals surface area contributed by atoms with Crippen molar-refractivity contribution < 1.29 is 19.5 Å². The Morgan fingerprint density at radius 1 is 1.21 bits per heavy atom. The van der Waals surface area contributed by atoms with E-state index in [1.807, 2.05) is 45.0 Å². The molecule has 1 aliphatic heterocycles. The summed E-state index contributed by atoms with van der Waals surface area (Å²) in [5.41, 5.74) is 1.55. The van der Waals surface area contributed by atoms with Gasteiger partial charge in [-0.2, -0.15) is 0 Å². The van der Waals surface area contributed by atoms with E-state index < -0.39 is 5.97 Å². The maximum atomic E-state index is 12.6. The van der Waals surface area contributed by atoms with Gasteiger partial charge in [0.25, 0.3) is 0 Å². The summed E-state index contributed by atoms with van der Waals surface area (Å²) >= 11 is 0. The number of para-hydroxylation sites is 1. The molecule has 1 aromatic rings. The Morgan fingerprint density at radius 2 is 1.88 bits per heavy atom. The highest BCUT2D eigenvalue weighted by Gasteiger charge is 2.29. The van der Waals surface area contributed by atoms with Gasteiger partial charge in [0.05, 0.1) is 0 Å². The molecule has 1 heterocycles. The van der Waals surface area contributed by atoms with Gasteiger partial charge < -0.3 is 14.9 Å². The molecule has 6 nitrogen and oxygen atoms in total. The molecule has 0 radical (unpaired) electrons. The minimum Gasteiger partial charge on any atom is -0.480 e. The third-order valence-electron chi connectivity index (χ3n) is 3.83. The highest BCUT2D eigenvalue weighted by atomic mass is 16.4. The fourth-order valence-corrected chi connectivity index (χ4v) is 2.87. The van der Waals surface area contributed by atoms with E-state index in [2.05, 4.69) is 0 Å². The van der Waals surface area contributed by atoms with Crippen LogP contribution in [0.4, 0.5) is 5.69 Å². The summed E-state index contributed by atoms with van der Waals surface area (Å²) in [6, 6.07) is 7.51. The fraction of sp³-hybridized carbons (Fsp3) is 0.500. The average molecular weight is 332 g/mol. The largest absolute Gasteiger partial charge is 0.480 e. The molecular weight excluding hydrogens is 308 g/mol. The van der Waals surface area contributed by atoms with Gasteiger partial charge in [-0.3, -0.25) is 14.4 Å². The Hall–Kier alpha value is -2.37. The average Bonchev–Trinajstić information content (AvgIpc) is 2.47. The third-order valence-corrected chi connectivity index (χ3v) is 3.83. The van der Waals surface area contributed by atoms with E-state index in [0.29, 0.717) is 19.4 Å². The summed E-state index contributed by atoms with van der Waals surface area (Å²) < 4.78 is 0. The molecule has 1 aliphatic rings. The van der Waals surface area contributed by atoms with Gasteiger partial charge in [-0.25, -0.2) is 0 Å². The first-order chi connectivity index (χ1) is 11.2. The van der Waals surface area contributed by atoms with Crippen molar-refractivity contribution in [2.45, 2.75) is 33.6 Å². The van der Waals surface area contributed by atoms with E-state index in [9.17, 15) is 14.4 Å². The van der Waals surface area contributed by atoms with Crippen LogP contribution in [0, 0.1) is 5.41 Å². The van der Waals surface area contributed by atoms with Gasteiger partial charge in [0.1, 0.15) is 13.1 Å². The van der Waals surface area contributed by atoms with Crippen LogP contribution in [0.25, 0.3) is 0 Å². The van der Waals surface area contributed by atoms with Gasteiger partial charge in [0.15, 0.2) is 0 Å². The standard InChI is InChI=1S/C18H24N2O4/c1-18(2,3)12-19(11-17(23)24)16(22)10-20-14-7-5-4-6-13(14)8-9-15(20)21/h4-7H,8-12H2,1-3H3,(H,23,24). The zero-order valence-corrected chi connectivity index (χ0v) is 14.4. The van der Waals surface area contributed by atoms with Crippen LogP contribution in [0.15, 0.2) is 24.3 Å². The molecule has 1 N–H and O–H groups in total. The van der Waals surface area contributed by atoms with Gasteiger partial charge in [0, 0.05) is 18.7 Å². The number of aryl methyl sites for hydroxylation is 1. The number of carbonyl (C=O) groups is 3. The van der Waals surface area contributed by atoms with Crippen molar-refractivity contribution in [3.8, 4) is 0 Å². The summed E-state index contributed by atoms with van der Waals surface area (Å²) in [5, 5.41) is 9.07. The van der Waals surface area contributed by atoms with E-state index in [4.69, 9.17) is 5.11 Å². The Labute approximate surface area is 142 Å². The lowest BCUT2D eigenvalue weighted by molar-refractivity contribution is -0.144. The number of aliphatic carboxylic acids is 1. The molecule has 1 aromatic carbocycles. The Kier molecular flexibility index (Phi) is 5.26. The van der Waals surface area contributed by atoms with Gasteiger partial charge in [-0.1, -0.05) is 39.0 Å². The summed E-state index contributed by atoms with van der Waals surface area (Å²) in [4.78, 5) is 38.8. The lowest BCUT2D eigenvalue weighted by Gasteiger charge is -2.33. The number of carboxylic acid groups (broad SMARTS) is 1. The number of carboxylic acids is 1. The predicted octanol–water partition coefficient (Wildman–Crippen LogP) is 1.93. The molecule has 2 rings (SSSR count). The summed E-state index contributed by atoms with van der Waals surface area (Å²) in [7, 11) is 0. The predicted molar refractivity (Wildman–Crippen MR) is 90.8 cm³/mol. The molecule has 0 saturated carbocycles. The summed E-state index contributed by atoms with van der Waals surface area (Å²) in [6.45, 7) is 5.66. The van der Waals surface area contributed by atoms with Crippen molar-refractivity contribution in [1.29, 1.82) is 0 Å². The van der Waals surface area contributed by atoms with Crippen molar-refractivity contribution in [2.75, 3.05) is 24.5 Å². The summed E-state index contributed by atoms with van der Waals surface area (Å²) in [6.07, 6.45) is 1.03. The molecular formula is C18H24N2O4. The molecule has 130 valence electrons. The molecule has 6 heteroatoms. The van der Waals surface area contributed by atoms with E-state index in [-0.39, 0.29) is 30.3 Å². The number of anilines is 1. The highest BCUT2D eigenvalue weighted by molar-refractivity contribution is 6.01. The first-order valence-corrected chi connectivity index (χ1v) is 8.05. The molecule has 0 aromatic heterocycles. The Morgan fingerprint density at radius 3 is 2.50 bits per heavy atom. The van der Waals surface area contributed by atoms with Crippen LogP contribution in [0.1, 0.15) is 32.8 Å². The van der Waals surface area contributed by atoms with Gasteiger partial charge in [0.2, 0.25) is 11.8 Å². The van der Waals surface area contributed by atoms with Crippen LogP contribution in [0.5, 0.6) is 0 Å². The van der Waals surface area contributed by atoms with Crippen LogP contribution in [-0.4, -0.2) is 47.4 Å². The van der Waals surface area contributed by atoms with Gasteiger partial charge >= 0.3 is 5.97 Å². The molecule has 0 spiro atoms. The number of hydrogen-bond acceptors (Lipinski definition) is 3. The highest BCUT2D eigenvalue weighted by Crippen LogP contribution is 2.27. The second-order valence-corrected chi connectivity index (χ2v) is 7.31. The van der Waals surface area contributed by atoms with E-state index in [0.717, 1.165) is 11.3 Å². The van der Waals surface area contributed by atoms with E-state index in [1.54, 1.807) is 0 Å². The zero-order chi connectivity index (χ0) is 17.9. The normalized spacial score (nSPS) is 14.3. The molecule has 2 amide bonds. The number of amides is 2. The SMILES string of the molecule is CC(C)(C)CN(CC(=O)O)C(=O)CN1C(=O)CCc2ccccc21. The maximum Gasteiger partial charge on any atom is 0.323 e. The van der Waals surface area contributed by atoms with Gasteiger partial charge in [-0.05, 0) is 23.5 Å². The lowest BCUT2D eigenvalue weighted by Crippen LogP contribution is -2.48. The number of benzene rings is 1.